The van der Waals surface area contributed by atoms with Crippen molar-refractivity contribution in [3.63, 3.8) is 0 Å². The number of primary amides is 1. The van der Waals surface area contributed by atoms with Crippen LogP contribution < -0.4 is 11.5 Å². The summed E-state index contributed by atoms with van der Waals surface area (Å²) >= 11 is 6.37. The number of fused-ring (bicyclic) bond motifs is 1. The van der Waals surface area contributed by atoms with Crippen LogP contribution >= 0.6 is 11.6 Å². The number of nitrogens with zero attached hydrogens (tertiary/aromatic N) is 3. The highest BCUT2D eigenvalue weighted by Crippen LogP contribution is 2.32. The van der Waals surface area contributed by atoms with Gasteiger partial charge in [-0.05, 0) is 60.0 Å². The van der Waals surface area contributed by atoms with E-state index >= 15 is 0 Å². The Kier molecular flexibility index (Phi) is 7.91. The molecular weight excluding hydrogens is 482 g/mol. The van der Waals surface area contributed by atoms with E-state index in [0.29, 0.717) is 12.1 Å². The lowest BCUT2D eigenvalue weighted by Crippen LogP contribution is -2.45. The molecule has 3 aromatic carbocycles. The summed E-state index contributed by atoms with van der Waals surface area (Å²) in [6.07, 6.45) is 3.09. The Labute approximate surface area is 223 Å². The van der Waals surface area contributed by atoms with Crippen LogP contribution in [0, 0.1) is 0 Å². The van der Waals surface area contributed by atoms with Gasteiger partial charge >= 0.3 is 0 Å². The van der Waals surface area contributed by atoms with E-state index in [0.717, 1.165) is 68.4 Å². The van der Waals surface area contributed by atoms with Gasteiger partial charge in [0.1, 0.15) is 0 Å². The molecule has 0 unspecified atom stereocenters. The molecule has 1 aromatic heterocycles. The smallest absolute Gasteiger partial charge is 0.248 e. The van der Waals surface area contributed by atoms with Crippen LogP contribution in [0.2, 0.25) is 5.02 Å². The number of benzene rings is 3. The van der Waals surface area contributed by atoms with Crippen molar-refractivity contribution in [2.24, 2.45) is 11.5 Å². The highest BCUT2D eigenvalue weighted by molar-refractivity contribution is 6.31. The number of halogens is 1. The summed E-state index contributed by atoms with van der Waals surface area (Å²) in [4.78, 5) is 16.8. The fourth-order valence-corrected chi connectivity index (χ4v) is 5.39. The molecule has 0 spiro atoms. The van der Waals surface area contributed by atoms with E-state index in [4.69, 9.17) is 23.1 Å². The lowest BCUT2D eigenvalue weighted by molar-refractivity contribution is 0.100. The Morgan fingerprint density at radius 2 is 1.65 bits per heavy atom. The first-order valence-electron chi connectivity index (χ1n) is 12.9. The molecule has 1 aliphatic heterocycles. The molecule has 1 aliphatic rings. The van der Waals surface area contributed by atoms with Gasteiger partial charge in [0.2, 0.25) is 5.91 Å². The molecule has 37 heavy (non-hydrogen) atoms. The van der Waals surface area contributed by atoms with Gasteiger partial charge in [-0.15, -0.1) is 0 Å². The summed E-state index contributed by atoms with van der Waals surface area (Å²) in [6.45, 7) is 7.39. The van der Waals surface area contributed by atoms with Crippen molar-refractivity contribution in [1.29, 1.82) is 0 Å². The molecule has 6 nitrogen and oxygen atoms in total. The third kappa shape index (κ3) is 5.89. The van der Waals surface area contributed by atoms with Crippen LogP contribution in [0.1, 0.15) is 27.9 Å². The normalized spacial score (nSPS) is 14.9. The molecule has 0 radical (unpaired) electrons. The average molecular weight is 516 g/mol. The van der Waals surface area contributed by atoms with Crippen molar-refractivity contribution >= 4 is 28.4 Å². The zero-order valence-electron chi connectivity index (χ0n) is 21.1. The Bertz CT molecular complexity index is 1390. The summed E-state index contributed by atoms with van der Waals surface area (Å²) in [6, 6.07) is 22.4. The second kappa shape index (κ2) is 11.5. The standard InChI is InChI=1S/C30H34ClN5O/c31-28-8-2-1-5-25(28)20-35-15-13-34(14-16-35)19-22-9-10-29-26(17-22)27(21-36(29)12-4-11-32)23-6-3-7-24(18-23)30(33)37/h1-3,5-10,17-18,21H,4,11-16,19-20,32H2,(H2,33,37). The number of rotatable bonds is 9. The summed E-state index contributed by atoms with van der Waals surface area (Å²) in [7, 11) is 0. The van der Waals surface area contributed by atoms with Gasteiger partial charge in [0.25, 0.3) is 0 Å². The van der Waals surface area contributed by atoms with E-state index in [-0.39, 0.29) is 0 Å². The van der Waals surface area contributed by atoms with Crippen molar-refractivity contribution in [2.45, 2.75) is 26.1 Å². The lowest BCUT2D eigenvalue weighted by atomic mass is 10.0. The Morgan fingerprint density at radius 1 is 0.892 bits per heavy atom. The summed E-state index contributed by atoms with van der Waals surface area (Å²) in [5, 5.41) is 2.03. The van der Waals surface area contributed by atoms with Crippen LogP contribution in [0.3, 0.4) is 0 Å². The molecule has 4 aromatic rings. The van der Waals surface area contributed by atoms with Crippen LogP contribution in [0.15, 0.2) is 72.9 Å². The largest absolute Gasteiger partial charge is 0.366 e. The van der Waals surface area contributed by atoms with E-state index in [1.165, 1.54) is 22.0 Å². The molecule has 0 atom stereocenters. The van der Waals surface area contributed by atoms with E-state index in [1.807, 2.05) is 30.3 Å². The van der Waals surface area contributed by atoms with Gasteiger partial charge in [-0.1, -0.05) is 48.0 Å². The van der Waals surface area contributed by atoms with Crippen molar-refractivity contribution in [3.05, 3.63) is 94.6 Å². The topological polar surface area (TPSA) is 80.5 Å². The minimum absolute atomic E-state index is 0.414. The Balaban J connectivity index is 1.34. The second-order valence-corrected chi connectivity index (χ2v) is 10.2. The average Bonchev–Trinajstić information content (AvgIpc) is 3.27. The van der Waals surface area contributed by atoms with E-state index in [2.05, 4.69) is 50.9 Å². The molecule has 192 valence electrons. The molecule has 1 saturated heterocycles. The molecule has 4 N–H and O–H groups in total. The van der Waals surface area contributed by atoms with Crippen LogP contribution in [-0.2, 0) is 19.6 Å². The van der Waals surface area contributed by atoms with Crippen molar-refractivity contribution in [2.75, 3.05) is 32.7 Å². The predicted molar refractivity (Wildman–Crippen MR) is 152 cm³/mol. The third-order valence-electron chi connectivity index (χ3n) is 7.23. The third-order valence-corrected chi connectivity index (χ3v) is 7.60. The minimum Gasteiger partial charge on any atom is -0.366 e. The molecule has 7 heteroatoms. The first-order valence-corrected chi connectivity index (χ1v) is 13.3. The molecule has 0 bridgehead atoms. The van der Waals surface area contributed by atoms with Crippen LogP contribution in [-0.4, -0.2) is 53.0 Å². The number of carbonyl (C=O) groups is 1. The maximum atomic E-state index is 11.8. The molecule has 1 fully saturated rings. The summed E-state index contributed by atoms with van der Waals surface area (Å²) in [5.74, 6) is -0.414. The number of aromatic nitrogens is 1. The Morgan fingerprint density at radius 3 is 2.38 bits per heavy atom. The second-order valence-electron chi connectivity index (χ2n) is 9.82. The number of hydrogen-bond donors (Lipinski definition) is 2. The van der Waals surface area contributed by atoms with Gasteiger partial charge in [-0.25, -0.2) is 0 Å². The first kappa shape index (κ1) is 25.5. The lowest BCUT2D eigenvalue weighted by Gasteiger charge is -2.35. The zero-order valence-corrected chi connectivity index (χ0v) is 21.8. The minimum atomic E-state index is -0.414. The SMILES string of the molecule is NCCCn1cc(-c2cccc(C(N)=O)c2)c2cc(CN3CCN(Cc4ccccc4Cl)CC3)ccc21. The molecule has 5 rings (SSSR count). The zero-order chi connectivity index (χ0) is 25.8. The van der Waals surface area contributed by atoms with E-state index in [1.54, 1.807) is 6.07 Å². The Hall–Kier alpha value is -3.16. The molecule has 0 aliphatic carbocycles. The van der Waals surface area contributed by atoms with Gasteiger partial charge < -0.3 is 16.0 Å². The number of piperazine rings is 1. The monoisotopic (exact) mass is 515 g/mol. The van der Waals surface area contributed by atoms with Gasteiger partial charge in [0.15, 0.2) is 0 Å². The molecule has 1 amide bonds. The summed E-state index contributed by atoms with van der Waals surface area (Å²) < 4.78 is 2.27. The summed E-state index contributed by atoms with van der Waals surface area (Å²) in [5.41, 5.74) is 17.6. The highest BCUT2D eigenvalue weighted by Gasteiger charge is 2.19. The van der Waals surface area contributed by atoms with Gasteiger partial charge in [-0.3, -0.25) is 14.6 Å². The van der Waals surface area contributed by atoms with Gasteiger partial charge in [0.05, 0.1) is 0 Å². The number of aryl methyl sites for hydroxylation is 1. The molecular formula is C30H34ClN5O. The van der Waals surface area contributed by atoms with E-state index in [9.17, 15) is 4.79 Å². The van der Waals surface area contributed by atoms with Crippen molar-refractivity contribution < 1.29 is 4.79 Å². The highest BCUT2D eigenvalue weighted by atomic mass is 35.5. The number of nitrogens with two attached hydrogens (primary N) is 2. The predicted octanol–water partition coefficient (Wildman–Crippen LogP) is 4.73. The van der Waals surface area contributed by atoms with Gasteiger partial charge in [-0.2, -0.15) is 0 Å². The number of hydrogen-bond acceptors (Lipinski definition) is 4. The van der Waals surface area contributed by atoms with Crippen molar-refractivity contribution in [1.82, 2.24) is 14.4 Å². The maximum absolute atomic E-state index is 11.8. The fraction of sp³-hybridized carbons (Fsp3) is 0.300. The van der Waals surface area contributed by atoms with Crippen LogP contribution in [0.5, 0.6) is 0 Å². The van der Waals surface area contributed by atoms with Crippen molar-refractivity contribution in [3.8, 4) is 11.1 Å². The maximum Gasteiger partial charge on any atom is 0.248 e. The first-order chi connectivity index (χ1) is 18.0. The van der Waals surface area contributed by atoms with Gasteiger partial charge in [0, 0.05) is 79.1 Å². The van der Waals surface area contributed by atoms with Crippen LogP contribution in [0.25, 0.3) is 22.0 Å². The molecule has 2 heterocycles. The number of amides is 1. The quantitative estimate of drug-likeness (QED) is 0.338. The molecule has 0 saturated carbocycles. The fourth-order valence-electron chi connectivity index (χ4n) is 5.19. The van der Waals surface area contributed by atoms with E-state index < -0.39 is 5.91 Å². The van der Waals surface area contributed by atoms with Crippen LogP contribution in [0.4, 0.5) is 0 Å². The number of carbonyl (C=O) groups excluding carboxylic acids is 1.